The molecule has 1 aromatic rings. The van der Waals surface area contributed by atoms with E-state index in [1.165, 1.54) is 11.8 Å². The van der Waals surface area contributed by atoms with Gasteiger partial charge in [-0.1, -0.05) is 0 Å². The fourth-order valence-electron chi connectivity index (χ4n) is 4.07. The van der Waals surface area contributed by atoms with Crippen LogP contribution in [0.5, 0.6) is 0 Å². The number of aliphatic carboxylic acids is 1. The van der Waals surface area contributed by atoms with Gasteiger partial charge in [0.05, 0.1) is 19.1 Å². The second-order valence-corrected chi connectivity index (χ2v) is 7.72. The number of ketones is 1. The van der Waals surface area contributed by atoms with Gasteiger partial charge in [0.2, 0.25) is 11.8 Å². The Morgan fingerprint density at radius 2 is 1.30 bits per heavy atom. The maximum Gasteiger partial charge on any atom is 0.326 e. The van der Waals surface area contributed by atoms with Gasteiger partial charge in [-0.05, 0) is 56.9 Å². The smallest absolute Gasteiger partial charge is 0.326 e. The van der Waals surface area contributed by atoms with Gasteiger partial charge < -0.3 is 25.5 Å². The Kier molecular flexibility index (Phi) is 6.91. The second kappa shape index (κ2) is 9.60. The van der Waals surface area contributed by atoms with E-state index in [0.717, 1.165) is 24.2 Å². The SMILES string of the molecule is CC(=O)[C@H]1CCCN1C(=O)CNc1ccc(NCC(=O)N2CCC[C@@H]2C(=O)O)cc1. The number of anilines is 2. The van der Waals surface area contributed by atoms with Crippen LogP contribution < -0.4 is 10.6 Å². The zero-order valence-electron chi connectivity index (χ0n) is 17.1. The van der Waals surface area contributed by atoms with Crippen LogP contribution in [-0.4, -0.2) is 76.7 Å². The minimum absolute atomic E-state index is 0.0226. The summed E-state index contributed by atoms with van der Waals surface area (Å²) >= 11 is 0. The molecule has 1 aromatic carbocycles. The van der Waals surface area contributed by atoms with Gasteiger partial charge in [-0.3, -0.25) is 14.4 Å². The van der Waals surface area contributed by atoms with E-state index < -0.39 is 12.0 Å². The van der Waals surface area contributed by atoms with Crippen LogP contribution >= 0.6 is 0 Å². The summed E-state index contributed by atoms with van der Waals surface area (Å²) in [5.41, 5.74) is 1.48. The van der Waals surface area contributed by atoms with Gasteiger partial charge in [0.1, 0.15) is 6.04 Å². The normalized spacial score (nSPS) is 20.8. The third-order valence-electron chi connectivity index (χ3n) is 5.67. The predicted molar refractivity (Wildman–Crippen MR) is 111 cm³/mol. The van der Waals surface area contributed by atoms with Gasteiger partial charge in [0.15, 0.2) is 5.78 Å². The molecule has 2 amide bonds. The molecule has 0 bridgehead atoms. The summed E-state index contributed by atoms with van der Waals surface area (Å²) in [5, 5.41) is 15.3. The molecule has 2 aliphatic heterocycles. The molecule has 9 nitrogen and oxygen atoms in total. The van der Waals surface area contributed by atoms with Crippen molar-refractivity contribution >= 4 is 34.9 Å². The molecule has 3 rings (SSSR count). The van der Waals surface area contributed by atoms with E-state index in [9.17, 15) is 24.3 Å². The Hall–Kier alpha value is -3.10. The third-order valence-corrected chi connectivity index (χ3v) is 5.67. The molecule has 0 radical (unpaired) electrons. The van der Waals surface area contributed by atoms with E-state index in [4.69, 9.17) is 0 Å². The number of carboxylic acids is 1. The lowest BCUT2D eigenvalue weighted by Crippen LogP contribution is -2.43. The summed E-state index contributed by atoms with van der Waals surface area (Å²) in [6, 6.07) is 6.12. The summed E-state index contributed by atoms with van der Waals surface area (Å²) in [6.45, 7) is 2.74. The van der Waals surface area contributed by atoms with Crippen LogP contribution in [0, 0.1) is 0 Å². The van der Waals surface area contributed by atoms with Gasteiger partial charge >= 0.3 is 5.97 Å². The highest BCUT2D eigenvalue weighted by atomic mass is 16.4. The number of likely N-dealkylation sites (tertiary alicyclic amines) is 2. The highest BCUT2D eigenvalue weighted by molar-refractivity contribution is 5.90. The van der Waals surface area contributed by atoms with Crippen molar-refractivity contribution in [3.8, 4) is 0 Å². The van der Waals surface area contributed by atoms with Crippen LogP contribution in [0.4, 0.5) is 11.4 Å². The molecule has 0 saturated carbocycles. The molecule has 2 heterocycles. The summed E-state index contributed by atoms with van der Waals surface area (Å²) in [6.07, 6.45) is 2.77. The summed E-state index contributed by atoms with van der Waals surface area (Å²) < 4.78 is 0. The lowest BCUT2D eigenvalue weighted by Gasteiger charge is -2.23. The summed E-state index contributed by atoms with van der Waals surface area (Å²) in [7, 11) is 0. The third kappa shape index (κ3) is 5.08. The molecule has 3 N–H and O–H groups in total. The van der Waals surface area contributed by atoms with E-state index in [1.54, 1.807) is 29.2 Å². The minimum Gasteiger partial charge on any atom is -0.480 e. The van der Waals surface area contributed by atoms with Gasteiger partial charge in [0.25, 0.3) is 0 Å². The Morgan fingerprint density at radius 1 is 0.867 bits per heavy atom. The highest BCUT2D eigenvalue weighted by Crippen LogP contribution is 2.20. The van der Waals surface area contributed by atoms with Crippen molar-refractivity contribution in [2.45, 2.75) is 44.7 Å². The number of carbonyl (C=O) groups is 4. The van der Waals surface area contributed by atoms with E-state index in [-0.39, 0.29) is 36.7 Å². The molecule has 2 fully saturated rings. The number of carbonyl (C=O) groups excluding carboxylic acids is 3. The van der Waals surface area contributed by atoms with E-state index in [1.807, 2.05) is 0 Å². The van der Waals surface area contributed by atoms with E-state index in [2.05, 4.69) is 10.6 Å². The molecule has 2 aliphatic rings. The van der Waals surface area contributed by atoms with E-state index >= 15 is 0 Å². The fraction of sp³-hybridized carbons (Fsp3) is 0.524. The van der Waals surface area contributed by atoms with Crippen molar-refractivity contribution in [1.82, 2.24) is 9.80 Å². The first-order valence-electron chi connectivity index (χ1n) is 10.3. The number of carboxylic acid groups (broad SMARTS) is 1. The standard InChI is InChI=1S/C21H28N4O5/c1-14(26)17-4-2-10-24(17)19(27)12-22-15-6-8-16(9-7-15)23-13-20(28)25-11-3-5-18(25)21(29)30/h6-9,17-18,22-23H,2-5,10-13H2,1H3,(H,29,30)/t17-,18-/m1/s1. The zero-order chi connectivity index (χ0) is 21.7. The molecule has 0 spiro atoms. The average molecular weight is 416 g/mol. The van der Waals surface area contributed by atoms with Crippen LogP contribution in [0.15, 0.2) is 24.3 Å². The van der Waals surface area contributed by atoms with Gasteiger partial charge in [-0.15, -0.1) is 0 Å². The molecular formula is C21H28N4O5. The zero-order valence-corrected chi connectivity index (χ0v) is 17.1. The van der Waals surface area contributed by atoms with Crippen molar-refractivity contribution in [3.05, 3.63) is 24.3 Å². The van der Waals surface area contributed by atoms with Crippen molar-refractivity contribution in [2.75, 3.05) is 36.8 Å². The first-order valence-corrected chi connectivity index (χ1v) is 10.3. The topological polar surface area (TPSA) is 119 Å². The summed E-state index contributed by atoms with van der Waals surface area (Å²) in [4.78, 5) is 50.6. The number of hydrogen-bond acceptors (Lipinski definition) is 6. The number of nitrogens with zero attached hydrogens (tertiary/aromatic N) is 2. The maximum atomic E-state index is 12.4. The van der Waals surface area contributed by atoms with Crippen molar-refractivity contribution in [1.29, 1.82) is 0 Å². The molecule has 0 aromatic heterocycles. The number of benzene rings is 1. The molecule has 30 heavy (non-hydrogen) atoms. The van der Waals surface area contributed by atoms with Crippen LogP contribution in [0.3, 0.4) is 0 Å². The Bertz CT molecular complexity index is 743. The number of amides is 2. The lowest BCUT2D eigenvalue weighted by atomic mass is 10.1. The van der Waals surface area contributed by atoms with Crippen LogP contribution in [0.25, 0.3) is 0 Å². The first-order chi connectivity index (χ1) is 14.4. The van der Waals surface area contributed by atoms with Crippen molar-refractivity contribution < 1.29 is 24.3 Å². The lowest BCUT2D eigenvalue weighted by molar-refractivity contribution is -0.147. The van der Waals surface area contributed by atoms with E-state index in [0.29, 0.717) is 25.9 Å². The number of hydrogen-bond donors (Lipinski definition) is 3. The highest BCUT2D eigenvalue weighted by Gasteiger charge is 2.33. The Labute approximate surface area is 175 Å². The van der Waals surface area contributed by atoms with Crippen molar-refractivity contribution in [2.24, 2.45) is 0 Å². The van der Waals surface area contributed by atoms with Crippen molar-refractivity contribution in [3.63, 3.8) is 0 Å². The molecular weight excluding hydrogens is 388 g/mol. The molecule has 0 unspecified atom stereocenters. The Morgan fingerprint density at radius 3 is 1.73 bits per heavy atom. The molecule has 162 valence electrons. The largest absolute Gasteiger partial charge is 0.480 e. The monoisotopic (exact) mass is 416 g/mol. The first kappa shape index (κ1) is 21.6. The van der Waals surface area contributed by atoms with Gasteiger partial charge in [0, 0.05) is 24.5 Å². The molecule has 2 atom stereocenters. The van der Waals surface area contributed by atoms with Gasteiger partial charge in [-0.25, -0.2) is 4.79 Å². The number of Topliss-reactive ketones (excluding diaryl/α,β-unsaturated/α-hetero) is 1. The van der Waals surface area contributed by atoms with Crippen LogP contribution in [0.2, 0.25) is 0 Å². The quantitative estimate of drug-likeness (QED) is 0.582. The Balaban J connectivity index is 1.46. The minimum atomic E-state index is -0.964. The predicted octanol–water partition coefficient (Wildman–Crippen LogP) is 1.17. The summed E-state index contributed by atoms with van der Waals surface area (Å²) in [5.74, 6) is -1.28. The number of nitrogens with one attached hydrogen (secondary N) is 2. The van der Waals surface area contributed by atoms with Crippen LogP contribution in [-0.2, 0) is 19.2 Å². The second-order valence-electron chi connectivity index (χ2n) is 7.72. The average Bonchev–Trinajstić information content (AvgIpc) is 3.40. The maximum absolute atomic E-state index is 12.4. The molecule has 0 aliphatic carbocycles. The van der Waals surface area contributed by atoms with Gasteiger partial charge in [-0.2, -0.15) is 0 Å². The molecule has 2 saturated heterocycles. The number of rotatable bonds is 8. The van der Waals surface area contributed by atoms with Crippen LogP contribution in [0.1, 0.15) is 32.6 Å². The fourth-order valence-corrected chi connectivity index (χ4v) is 4.07. The molecule has 9 heteroatoms.